The zero-order chi connectivity index (χ0) is 21.3. The molecule has 1 N–H and O–H groups in total. The fraction of sp³-hybridized carbons (Fsp3) is 0.217. The lowest BCUT2D eigenvalue weighted by Gasteiger charge is -2.27. The van der Waals surface area contributed by atoms with Crippen LogP contribution in [-0.4, -0.2) is 32.2 Å². The van der Waals surface area contributed by atoms with Crippen molar-refractivity contribution in [3.8, 4) is 17.2 Å². The number of amides is 1. The molecule has 4 rings (SSSR count). The summed E-state index contributed by atoms with van der Waals surface area (Å²) in [6, 6.07) is 15.0. The molecule has 7 heteroatoms. The molecule has 30 heavy (non-hydrogen) atoms. The van der Waals surface area contributed by atoms with Crippen LogP contribution >= 0.6 is 0 Å². The van der Waals surface area contributed by atoms with Crippen molar-refractivity contribution in [2.45, 2.75) is 13.1 Å². The molecule has 1 unspecified atom stereocenters. The largest absolute Gasteiger partial charge is 0.493 e. The smallest absolute Gasteiger partial charge is 0.262 e. The van der Waals surface area contributed by atoms with Gasteiger partial charge in [-0.15, -0.1) is 0 Å². The van der Waals surface area contributed by atoms with Crippen molar-refractivity contribution in [1.29, 1.82) is 0 Å². The van der Waals surface area contributed by atoms with Crippen LogP contribution in [0, 0.1) is 6.92 Å². The van der Waals surface area contributed by atoms with Gasteiger partial charge in [0.15, 0.2) is 17.7 Å². The predicted molar refractivity (Wildman–Crippen MR) is 115 cm³/mol. The second-order valence-electron chi connectivity index (χ2n) is 6.91. The molecule has 154 valence electrons. The standard InChI is InChI=1S/C23H23N3O4/c1-14-7-9-16(10-8-14)26-22(20-17(23(26)27)6-5-11-24-20)25-15-12-18(28-2)21(30-4)19(13-15)29-3/h5-13,22,25H,1-4H3. The van der Waals surface area contributed by atoms with Crippen LogP contribution in [0.4, 0.5) is 11.4 Å². The van der Waals surface area contributed by atoms with E-state index in [1.807, 2.05) is 31.2 Å². The van der Waals surface area contributed by atoms with Crippen molar-refractivity contribution in [3.05, 3.63) is 71.5 Å². The first kappa shape index (κ1) is 19.6. The number of hydrogen-bond donors (Lipinski definition) is 1. The molecular weight excluding hydrogens is 382 g/mol. The number of carbonyl (C=O) groups excluding carboxylic acids is 1. The number of anilines is 2. The molecule has 1 aliphatic rings. The topological polar surface area (TPSA) is 72.9 Å². The fourth-order valence-electron chi connectivity index (χ4n) is 3.61. The van der Waals surface area contributed by atoms with E-state index >= 15 is 0 Å². The highest BCUT2D eigenvalue weighted by molar-refractivity contribution is 6.11. The van der Waals surface area contributed by atoms with Crippen LogP contribution in [-0.2, 0) is 0 Å². The number of carbonyl (C=O) groups is 1. The van der Waals surface area contributed by atoms with Gasteiger partial charge in [-0.2, -0.15) is 0 Å². The number of nitrogens with one attached hydrogen (secondary N) is 1. The Kier molecular flexibility index (Phi) is 5.18. The molecule has 0 bridgehead atoms. The van der Waals surface area contributed by atoms with E-state index in [1.165, 1.54) is 0 Å². The predicted octanol–water partition coefficient (Wildman–Crippen LogP) is 4.19. The summed E-state index contributed by atoms with van der Waals surface area (Å²) in [6.45, 7) is 2.01. The van der Waals surface area contributed by atoms with E-state index in [-0.39, 0.29) is 5.91 Å². The maximum absolute atomic E-state index is 13.2. The van der Waals surface area contributed by atoms with Gasteiger partial charge in [0.2, 0.25) is 5.75 Å². The number of methoxy groups -OCH3 is 3. The van der Waals surface area contributed by atoms with E-state index in [0.717, 1.165) is 11.3 Å². The number of nitrogens with zero attached hydrogens (tertiary/aromatic N) is 2. The normalized spacial score (nSPS) is 15.0. The molecule has 7 nitrogen and oxygen atoms in total. The Hall–Kier alpha value is -3.74. The van der Waals surface area contributed by atoms with E-state index in [4.69, 9.17) is 14.2 Å². The molecule has 2 heterocycles. The van der Waals surface area contributed by atoms with E-state index in [1.54, 1.807) is 56.7 Å². The Labute approximate surface area is 175 Å². The number of aromatic nitrogens is 1. The van der Waals surface area contributed by atoms with Crippen molar-refractivity contribution in [2.75, 3.05) is 31.5 Å². The molecule has 0 spiro atoms. The van der Waals surface area contributed by atoms with Crippen LogP contribution in [0.25, 0.3) is 0 Å². The van der Waals surface area contributed by atoms with Crippen molar-refractivity contribution in [3.63, 3.8) is 0 Å². The van der Waals surface area contributed by atoms with Crippen LogP contribution < -0.4 is 24.4 Å². The summed E-state index contributed by atoms with van der Waals surface area (Å²) in [4.78, 5) is 19.4. The quantitative estimate of drug-likeness (QED) is 0.663. The van der Waals surface area contributed by atoms with Gasteiger partial charge in [0, 0.05) is 29.7 Å². The van der Waals surface area contributed by atoms with Crippen molar-refractivity contribution < 1.29 is 19.0 Å². The summed E-state index contributed by atoms with van der Waals surface area (Å²) in [5, 5.41) is 3.42. The molecule has 0 radical (unpaired) electrons. The van der Waals surface area contributed by atoms with Crippen LogP contribution in [0.3, 0.4) is 0 Å². The number of pyridine rings is 1. The highest BCUT2D eigenvalue weighted by Gasteiger charge is 2.39. The lowest BCUT2D eigenvalue weighted by molar-refractivity contribution is 0.0993. The zero-order valence-electron chi connectivity index (χ0n) is 17.3. The van der Waals surface area contributed by atoms with Gasteiger partial charge in [0.1, 0.15) is 0 Å². The average Bonchev–Trinajstić information content (AvgIpc) is 3.05. The molecule has 1 aromatic heterocycles. The summed E-state index contributed by atoms with van der Waals surface area (Å²) in [5.74, 6) is 1.44. The minimum absolute atomic E-state index is 0.105. The monoisotopic (exact) mass is 405 g/mol. The molecule has 0 saturated heterocycles. The average molecular weight is 405 g/mol. The Balaban J connectivity index is 1.79. The highest BCUT2D eigenvalue weighted by Crippen LogP contribution is 2.42. The third kappa shape index (κ3) is 3.28. The second kappa shape index (κ2) is 7.94. The summed E-state index contributed by atoms with van der Waals surface area (Å²) < 4.78 is 16.3. The number of fused-ring (bicyclic) bond motifs is 1. The Morgan fingerprint density at radius 1 is 0.967 bits per heavy atom. The molecule has 0 aliphatic carbocycles. The maximum atomic E-state index is 13.2. The van der Waals surface area contributed by atoms with E-state index in [2.05, 4.69) is 10.3 Å². The molecule has 2 aromatic carbocycles. The number of ether oxygens (including phenoxy) is 3. The minimum Gasteiger partial charge on any atom is -0.493 e. The Morgan fingerprint density at radius 2 is 1.63 bits per heavy atom. The minimum atomic E-state index is -0.487. The van der Waals surface area contributed by atoms with Crippen LogP contribution in [0.15, 0.2) is 54.7 Å². The van der Waals surface area contributed by atoms with Gasteiger partial charge in [-0.25, -0.2) is 0 Å². The first-order valence-corrected chi connectivity index (χ1v) is 9.49. The van der Waals surface area contributed by atoms with Crippen molar-refractivity contribution in [1.82, 2.24) is 4.98 Å². The molecule has 3 aromatic rings. The molecular formula is C23H23N3O4. The summed E-state index contributed by atoms with van der Waals surface area (Å²) in [5.41, 5.74) is 3.85. The third-order valence-corrected chi connectivity index (χ3v) is 5.09. The molecule has 0 fully saturated rings. The molecule has 1 amide bonds. The van der Waals surface area contributed by atoms with Crippen molar-refractivity contribution in [2.24, 2.45) is 0 Å². The van der Waals surface area contributed by atoms with E-state index < -0.39 is 6.17 Å². The van der Waals surface area contributed by atoms with Gasteiger partial charge >= 0.3 is 0 Å². The van der Waals surface area contributed by atoms with Gasteiger partial charge in [0.25, 0.3) is 5.91 Å². The number of aryl methyl sites for hydroxylation is 1. The van der Waals surface area contributed by atoms with Crippen LogP contribution in [0.2, 0.25) is 0 Å². The number of benzene rings is 2. The Morgan fingerprint density at radius 3 is 2.23 bits per heavy atom. The summed E-state index contributed by atoms with van der Waals surface area (Å²) >= 11 is 0. The van der Waals surface area contributed by atoms with Gasteiger partial charge in [-0.1, -0.05) is 17.7 Å². The first-order chi connectivity index (χ1) is 14.6. The molecule has 0 saturated carbocycles. The first-order valence-electron chi connectivity index (χ1n) is 9.49. The highest BCUT2D eigenvalue weighted by atomic mass is 16.5. The molecule has 1 aliphatic heterocycles. The fourth-order valence-corrected chi connectivity index (χ4v) is 3.61. The number of hydrogen-bond acceptors (Lipinski definition) is 6. The van der Waals surface area contributed by atoms with Gasteiger partial charge in [-0.05, 0) is 31.2 Å². The zero-order valence-corrected chi connectivity index (χ0v) is 17.3. The van der Waals surface area contributed by atoms with Gasteiger partial charge < -0.3 is 19.5 Å². The Bertz CT molecular complexity index is 1060. The number of rotatable bonds is 6. The van der Waals surface area contributed by atoms with Gasteiger partial charge in [-0.3, -0.25) is 14.7 Å². The van der Waals surface area contributed by atoms with Gasteiger partial charge in [0.05, 0.1) is 32.6 Å². The lowest BCUT2D eigenvalue weighted by Crippen LogP contribution is -2.32. The molecule has 1 atom stereocenters. The summed E-state index contributed by atoms with van der Waals surface area (Å²) in [7, 11) is 4.69. The lowest BCUT2D eigenvalue weighted by atomic mass is 10.2. The second-order valence-corrected chi connectivity index (χ2v) is 6.91. The maximum Gasteiger partial charge on any atom is 0.262 e. The van der Waals surface area contributed by atoms with Crippen LogP contribution in [0.1, 0.15) is 27.8 Å². The van der Waals surface area contributed by atoms with E-state index in [0.29, 0.717) is 34.2 Å². The van der Waals surface area contributed by atoms with Crippen LogP contribution in [0.5, 0.6) is 17.2 Å². The SMILES string of the molecule is COc1cc(NC2c3ncccc3C(=O)N2c2ccc(C)cc2)cc(OC)c1OC. The third-order valence-electron chi connectivity index (χ3n) is 5.09. The van der Waals surface area contributed by atoms with Crippen molar-refractivity contribution >= 4 is 17.3 Å². The summed E-state index contributed by atoms with van der Waals surface area (Å²) in [6.07, 6.45) is 1.20. The van der Waals surface area contributed by atoms with E-state index in [9.17, 15) is 4.79 Å².